The van der Waals surface area contributed by atoms with Crippen molar-refractivity contribution in [2.75, 3.05) is 25.1 Å². The molecule has 0 aromatic heterocycles. The predicted molar refractivity (Wildman–Crippen MR) is 180 cm³/mol. The number of benzene rings is 4. The third kappa shape index (κ3) is 5.33. The molecule has 7 rings (SSSR count). The quantitative estimate of drug-likeness (QED) is 0.166. The molecule has 0 bridgehead atoms. The Kier molecular flexibility index (Phi) is 8.65. The number of primary amides is 1. The van der Waals surface area contributed by atoms with Crippen LogP contribution in [0, 0.1) is 17.8 Å². The minimum Gasteiger partial charge on any atom is -0.491 e. The number of nitrogens with two attached hydrogens (primary N) is 1. The molecule has 0 saturated carbocycles. The van der Waals surface area contributed by atoms with E-state index < -0.39 is 53.3 Å². The molecule has 3 aliphatic rings. The fourth-order valence-corrected chi connectivity index (χ4v) is 7.86. The normalized spacial score (nSPS) is 25.5. The van der Waals surface area contributed by atoms with Crippen LogP contribution in [0.1, 0.15) is 52.4 Å². The summed E-state index contributed by atoms with van der Waals surface area (Å²) in [5.41, 5.74) is 8.27. The van der Waals surface area contributed by atoms with Gasteiger partial charge in [-0.3, -0.25) is 19.3 Å². The lowest BCUT2D eigenvalue weighted by Crippen LogP contribution is -2.53. The van der Waals surface area contributed by atoms with E-state index in [0.29, 0.717) is 28.1 Å². The SMILES string of the molecule is NC(=O)[C@@H]1[C@H]2C(=O)O[C@H](c3ccccc3)[C@H](c3ccccc3)N2[C@H](c2cccc(OCCO)c2)[C@@]12C(=O)Nc1ccc(C#CCCO)cc12. The Balaban J connectivity index is 1.54. The number of cyclic esters (lactones) is 1. The molecule has 49 heavy (non-hydrogen) atoms. The first-order chi connectivity index (χ1) is 23.9. The summed E-state index contributed by atoms with van der Waals surface area (Å²) in [7, 11) is 0. The number of carbonyl (C=O) groups is 3. The number of esters is 1. The van der Waals surface area contributed by atoms with Gasteiger partial charge in [0.2, 0.25) is 11.8 Å². The summed E-state index contributed by atoms with van der Waals surface area (Å²) in [6, 6.07) is 28.5. The zero-order valence-corrected chi connectivity index (χ0v) is 26.5. The zero-order chi connectivity index (χ0) is 34.1. The van der Waals surface area contributed by atoms with E-state index in [2.05, 4.69) is 17.2 Å². The fraction of sp³-hybridized carbons (Fsp3) is 0.256. The molecule has 5 N–H and O–H groups in total. The van der Waals surface area contributed by atoms with Crippen molar-refractivity contribution in [2.24, 2.45) is 11.7 Å². The van der Waals surface area contributed by atoms with Crippen molar-refractivity contribution in [1.82, 2.24) is 4.90 Å². The van der Waals surface area contributed by atoms with E-state index in [-0.39, 0.29) is 26.2 Å². The molecule has 10 heteroatoms. The van der Waals surface area contributed by atoms with Crippen LogP contribution in [0.15, 0.2) is 103 Å². The van der Waals surface area contributed by atoms with Crippen LogP contribution in [0.4, 0.5) is 5.69 Å². The Morgan fingerprint density at radius 3 is 2.29 bits per heavy atom. The number of nitrogens with zero attached hydrogens (tertiary/aromatic N) is 1. The van der Waals surface area contributed by atoms with Gasteiger partial charge in [-0.15, -0.1) is 0 Å². The smallest absolute Gasteiger partial charge is 0.324 e. The number of rotatable bonds is 8. The molecule has 0 radical (unpaired) electrons. The van der Waals surface area contributed by atoms with Gasteiger partial charge in [0.25, 0.3) is 0 Å². The number of nitrogens with one attached hydrogen (secondary N) is 1. The molecule has 3 heterocycles. The molecular weight excluding hydrogens is 622 g/mol. The van der Waals surface area contributed by atoms with E-state index in [9.17, 15) is 24.6 Å². The highest BCUT2D eigenvalue weighted by Gasteiger charge is 2.73. The lowest BCUT2D eigenvalue weighted by molar-refractivity contribution is -0.178. The molecule has 2 amide bonds. The number of morpholine rings is 1. The summed E-state index contributed by atoms with van der Waals surface area (Å²) in [4.78, 5) is 45.1. The van der Waals surface area contributed by atoms with Gasteiger partial charge < -0.3 is 30.7 Å². The molecule has 4 aromatic carbocycles. The van der Waals surface area contributed by atoms with Gasteiger partial charge in [-0.2, -0.15) is 0 Å². The topological polar surface area (TPSA) is 151 Å². The zero-order valence-electron chi connectivity index (χ0n) is 26.5. The van der Waals surface area contributed by atoms with Crippen LogP contribution in [-0.4, -0.2) is 58.8 Å². The molecule has 2 saturated heterocycles. The second-order valence-electron chi connectivity index (χ2n) is 12.3. The average molecular weight is 658 g/mol. The van der Waals surface area contributed by atoms with Crippen molar-refractivity contribution in [1.29, 1.82) is 0 Å². The van der Waals surface area contributed by atoms with Gasteiger partial charge >= 0.3 is 5.97 Å². The van der Waals surface area contributed by atoms with Crippen molar-refractivity contribution < 1.29 is 34.1 Å². The summed E-state index contributed by atoms with van der Waals surface area (Å²) in [5.74, 6) is 3.09. The molecule has 0 unspecified atom stereocenters. The summed E-state index contributed by atoms with van der Waals surface area (Å²) < 4.78 is 12.1. The Bertz CT molecular complexity index is 1960. The van der Waals surface area contributed by atoms with Gasteiger partial charge in [0.05, 0.1) is 31.2 Å². The first-order valence-corrected chi connectivity index (χ1v) is 16.2. The van der Waals surface area contributed by atoms with E-state index in [4.69, 9.17) is 15.2 Å². The van der Waals surface area contributed by atoms with Crippen LogP contribution < -0.4 is 15.8 Å². The van der Waals surface area contributed by atoms with Crippen LogP contribution in [0.2, 0.25) is 0 Å². The highest BCUT2D eigenvalue weighted by Crippen LogP contribution is 2.64. The van der Waals surface area contributed by atoms with E-state index in [0.717, 1.165) is 11.1 Å². The van der Waals surface area contributed by atoms with Gasteiger partial charge in [-0.05, 0) is 52.6 Å². The maximum atomic E-state index is 14.8. The van der Waals surface area contributed by atoms with Crippen molar-refractivity contribution in [3.05, 3.63) is 131 Å². The predicted octanol–water partition coefficient (Wildman–Crippen LogP) is 3.55. The molecule has 0 aliphatic carbocycles. The average Bonchev–Trinajstić information content (AvgIpc) is 3.60. The minimum absolute atomic E-state index is 0.0454. The second-order valence-corrected chi connectivity index (χ2v) is 12.3. The lowest BCUT2D eigenvalue weighted by Gasteiger charge is -2.46. The van der Waals surface area contributed by atoms with Crippen molar-refractivity contribution in [3.63, 3.8) is 0 Å². The molecule has 10 nitrogen and oxygen atoms in total. The maximum absolute atomic E-state index is 14.8. The van der Waals surface area contributed by atoms with Crippen molar-refractivity contribution >= 4 is 23.5 Å². The van der Waals surface area contributed by atoms with E-state index >= 15 is 0 Å². The van der Waals surface area contributed by atoms with Gasteiger partial charge in [-0.25, -0.2) is 0 Å². The van der Waals surface area contributed by atoms with Crippen molar-refractivity contribution in [2.45, 2.75) is 36.1 Å². The van der Waals surface area contributed by atoms with Crippen LogP contribution in [0.5, 0.6) is 5.75 Å². The lowest BCUT2D eigenvalue weighted by atomic mass is 9.65. The van der Waals surface area contributed by atoms with Crippen LogP contribution in [0.3, 0.4) is 0 Å². The molecule has 6 atom stereocenters. The second kappa shape index (κ2) is 13.2. The number of aliphatic hydroxyl groups excluding tert-OH is 2. The Morgan fingerprint density at radius 2 is 1.59 bits per heavy atom. The summed E-state index contributed by atoms with van der Waals surface area (Å²) >= 11 is 0. The molecule has 4 aromatic rings. The molecule has 2 fully saturated rings. The maximum Gasteiger partial charge on any atom is 0.324 e. The van der Waals surface area contributed by atoms with Gasteiger partial charge in [0, 0.05) is 17.7 Å². The first-order valence-electron chi connectivity index (χ1n) is 16.2. The Labute approximate surface area is 283 Å². The number of amides is 2. The first kappa shape index (κ1) is 32.1. The molecule has 3 aliphatic heterocycles. The number of aliphatic hydroxyl groups is 2. The molecule has 1 spiro atoms. The minimum atomic E-state index is -1.70. The van der Waals surface area contributed by atoms with Gasteiger partial charge in [0.15, 0.2) is 0 Å². The number of hydrogen-bond donors (Lipinski definition) is 4. The Hall–Kier alpha value is -5.47. The number of carbonyl (C=O) groups excluding carboxylic acids is 3. The third-order valence-corrected chi connectivity index (χ3v) is 9.62. The summed E-state index contributed by atoms with van der Waals surface area (Å²) in [5, 5.41) is 21.8. The van der Waals surface area contributed by atoms with Crippen molar-refractivity contribution in [3.8, 4) is 17.6 Å². The monoisotopic (exact) mass is 657 g/mol. The number of anilines is 1. The number of hydrogen-bond acceptors (Lipinski definition) is 8. The number of ether oxygens (including phenoxy) is 2. The standard InChI is InChI=1S/C39H35N3O7/c40-36(45)31-33-37(46)49-34(26-13-5-2-6-14-26)32(25-11-3-1-4-12-25)42(33)35(27-15-9-16-28(23-27)48-21-20-44)39(31)29-22-24(10-7-8-19-43)17-18-30(29)41-38(39)47/h1-6,9,11-18,22-23,31-35,43-44H,8,19-21H2,(H2,40,45)(H,41,47)/t31-,32-,33-,34+,35+,39-/m0/s1. The van der Waals surface area contributed by atoms with Crippen LogP contribution in [0.25, 0.3) is 0 Å². The summed E-state index contributed by atoms with van der Waals surface area (Å²) in [6.45, 7) is -0.263. The Morgan fingerprint density at radius 1 is 0.878 bits per heavy atom. The van der Waals surface area contributed by atoms with E-state index in [1.807, 2.05) is 71.6 Å². The van der Waals surface area contributed by atoms with Crippen LogP contribution >= 0.6 is 0 Å². The third-order valence-electron chi connectivity index (χ3n) is 9.62. The highest BCUT2D eigenvalue weighted by molar-refractivity contribution is 6.12. The largest absolute Gasteiger partial charge is 0.491 e. The van der Waals surface area contributed by atoms with E-state index in [1.54, 1.807) is 36.4 Å². The molecule has 248 valence electrons. The number of fused-ring (bicyclic) bond motifs is 3. The van der Waals surface area contributed by atoms with E-state index in [1.165, 1.54) is 0 Å². The summed E-state index contributed by atoms with van der Waals surface area (Å²) in [6.07, 6.45) is -0.541. The molecular formula is C39H35N3O7. The van der Waals surface area contributed by atoms with Crippen LogP contribution in [-0.2, 0) is 24.5 Å². The van der Waals surface area contributed by atoms with Gasteiger partial charge in [-0.1, -0.05) is 84.6 Å². The fourth-order valence-electron chi connectivity index (χ4n) is 7.86. The van der Waals surface area contributed by atoms with Gasteiger partial charge in [0.1, 0.15) is 29.9 Å². The highest BCUT2D eigenvalue weighted by atomic mass is 16.6.